The SMILES string of the molecule is Nc1ccc(S)c(C=O)c1N. The lowest BCUT2D eigenvalue weighted by Gasteiger charge is -2.04. The minimum atomic E-state index is 0.299. The Balaban J connectivity index is 3.40. The number of nitrogens with two attached hydrogens (primary N) is 2. The van der Waals surface area contributed by atoms with Gasteiger partial charge in [0.05, 0.1) is 16.9 Å². The van der Waals surface area contributed by atoms with Crippen molar-refractivity contribution in [2.24, 2.45) is 0 Å². The Labute approximate surface area is 69.8 Å². The molecule has 0 unspecified atom stereocenters. The lowest BCUT2D eigenvalue weighted by molar-refractivity contribution is 0.112. The van der Waals surface area contributed by atoms with E-state index in [0.717, 1.165) is 0 Å². The van der Waals surface area contributed by atoms with E-state index in [2.05, 4.69) is 12.6 Å². The fourth-order valence-electron chi connectivity index (χ4n) is 0.766. The summed E-state index contributed by atoms with van der Waals surface area (Å²) in [6.07, 6.45) is 0.647. The Morgan fingerprint density at radius 1 is 1.36 bits per heavy atom. The van der Waals surface area contributed by atoms with Gasteiger partial charge in [-0.05, 0) is 12.1 Å². The highest BCUT2D eigenvalue weighted by Crippen LogP contribution is 2.24. The molecule has 11 heavy (non-hydrogen) atoms. The summed E-state index contributed by atoms with van der Waals surface area (Å²) in [5.74, 6) is 0. The number of thiol groups is 1. The average Bonchev–Trinajstić information content (AvgIpc) is 1.99. The number of rotatable bonds is 1. The van der Waals surface area contributed by atoms with Crippen LogP contribution in [0.25, 0.3) is 0 Å². The van der Waals surface area contributed by atoms with Gasteiger partial charge in [0, 0.05) is 4.90 Å². The number of carbonyl (C=O) groups excluding carboxylic acids is 1. The predicted octanol–water partition coefficient (Wildman–Crippen LogP) is 0.952. The van der Waals surface area contributed by atoms with Gasteiger partial charge >= 0.3 is 0 Å². The van der Waals surface area contributed by atoms with Gasteiger partial charge in [0.2, 0.25) is 0 Å². The van der Waals surface area contributed by atoms with Crippen molar-refractivity contribution >= 4 is 30.3 Å². The van der Waals surface area contributed by atoms with E-state index in [0.29, 0.717) is 28.1 Å². The van der Waals surface area contributed by atoms with Crippen LogP contribution in [0.2, 0.25) is 0 Å². The maximum absolute atomic E-state index is 10.4. The van der Waals surface area contributed by atoms with Crippen LogP contribution in [-0.4, -0.2) is 6.29 Å². The first-order valence-electron chi connectivity index (χ1n) is 2.99. The molecule has 1 aromatic carbocycles. The molecule has 0 radical (unpaired) electrons. The van der Waals surface area contributed by atoms with Gasteiger partial charge in [-0.25, -0.2) is 0 Å². The molecule has 0 bridgehead atoms. The third kappa shape index (κ3) is 1.30. The van der Waals surface area contributed by atoms with Crippen molar-refractivity contribution in [3.05, 3.63) is 17.7 Å². The summed E-state index contributed by atoms with van der Waals surface area (Å²) in [4.78, 5) is 11.0. The highest BCUT2D eigenvalue weighted by Gasteiger charge is 2.04. The monoisotopic (exact) mass is 168 g/mol. The number of benzene rings is 1. The van der Waals surface area contributed by atoms with Gasteiger partial charge in [-0.1, -0.05) is 0 Å². The van der Waals surface area contributed by atoms with Crippen molar-refractivity contribution in [2.75, 3.05) is 11.5 Å². The Hall–Kier alpha value is -1.16. The summed E-state index contributed by atoms with van der Waals surface area (Å²) in [5, 5.41) is 0. The van der Waals surface area contributed by atoms with E-state index < -0.39 is 0 Å². The first-order valence-corrected chi connectivity index (χ1v) is 3.43. The Morgan fingerprint density at radius 2 is 2.00 bits per heavy atom. The van der Waals surface area contributed by atoms with Crippen molar-refractivity contribution in [1.82, 2.24) is 0 Å². The van der Waals surface area contributed by atoms with E-state index in [1.807, 2.05) is 0 Å². The van der Waals surface area contributed by atoms with E-state index in [-0.39, 0.29) is 0 Å². The summed E-state index contributed by atoms with van der Waals surface area (Å²) in [7, 11) is 0. The highest BCUT2D eigenvalue weighted by atomic mass is 32.1. The van der Waals surface area contributed by atoms with E-state index in [1.54, 1.807) is 12.1 Å². The molecule has 4 N–H and O–H groups in total. The number of carbonyl (C=O) groups is 1. The molecule has 0 saturated heterocycles. The zero-order valence-electron chi connectivity index (χ0n) is 5.74. The zero-order valence-corrected chi connectivity index (χ0v) is 6.64. The maximum Gasteiger partial charge on any atom is 0.153 e. The predicted molar refractivity (Wildman–Crippen MR) is 47.9 cm³/mol. The van der Waals surface area contributed by atoms with Crippen LogP contribution in [0, 0.1) is 0 Å². The summed E-state index contributed by atoms with van der Waals surface area (Å²) >= 11 is 4.03. The van der Waals surface area contributed by atoms with Gasteiger partial charge < -0.3 is 11.5 Å². The molecule has 0 fully saturated rings. The zero-order chi connectivity index (χ0) is 8.43. The van der Waals surface area contributed by atoms with E-state index in [4.69, 9.17) is 11.5 Å². The van der Waals surface area contributed by atoms with Gasteiger partial charge in [0.25, 0.3) is 0 Å². The number of anilines is 2. The quantitative estimate of drug-likeness (QED) is 0.332. The fourth-order valence-corrected chi connectivity index (χ4v) is 1.01. The molecule has 0 aromatic heterocycles. The summed E-state index contributed by atoms with van der Waals surface area (Å²) < 4.78 is 0. The molecule has 0 aliphatic heterocycles. The van der Waals surface area contributed by atoms with Gasteiger partial charge in [-0.3, -0.25) is 4.79 Å². The van der Waals surface area contributed by atoms with Gasteiger partial charge in [-0.15, -0.1) is 12.6 Å². The Morgan fingerprint density at radius 3 is 2.45 bits per heavy atom. The number of aldehydes is 1. The number of nitrogen functional groups attached to an aromatic ring is 2. The maximum atomic E-state index is 10.4. The van der Waals surface area contributed by atoms with Gasteiger partial charge in [-0.2, -0.15) is 0 Å². The molecule has 1 aromatic rings. The van der Waals surface area contributed by atoms with Crippen molar-refractivity contribution in [1.29, 1.82) is 0 Å². The minimum Gasteiger partial charge on any atom is -0.397 e. The molecule has 0 atom stereocenters. The molecular weight excluding hydrogens is 160 g/mol. The first kappa shape index (κ1) is 7.94. The van der Waals surface area contributed by atoms with Gasteiger partial charge in [0.1, 0.15) is 0 Å². The highest BCUT2D eigenvalue weighted by molar-refractivity contribution is 7.80. The smallest absolute Gasteiger partial charge is 0.153 e. The second-order valence-corrected chi connectivity index (χ2v) is 2.60. The third-order valence-corrected chi connectivity index (χ3v) is 1.81. The summed E-state index contributed by atoms with van der Waals surface area (Å²) in [6, 6.07) is 3.25. The first-order chi connectivity index (χ1) is 5.16. The normalized spacial score (nSPS) is 9.55. The lowest BCUT2D eigenvalue weighted by Crippen LogP contribution is -1.99. The Bertz CT molecular complexity index is 299. The van der Waals surface area contributed by atoms with Gasteiger partial charge in [0.15, 0.2) is 6.29 Å². The van der Waals surface area contributed by atoms with Crippen LogP contribution in [0.3, 0.4) is 0 Å². The van der Waals surface area contributed by atoms with Crippen molar-refractivity contribution < 1.29 is 4.79 Å². The molecule has 58 valence electrons. The number of hydrogen-bond acceptors (Lipinski definition) is 4. The van der Waals surface area contributed by atoms with Crippen molar-refractivity contribution in [3.63, 3.8) is 0 Å². The molecule has 0 aliphatic carbocycles. The molecule has 1 rings (SSSR count). The van der Waals surface area contributed by atoms with Crippen LogP contribution in [0.5, 0.6) is 0 Å². The summed E-state index contributed by atoms with van der Waals surface area (Å²) in [5.41, 5.74) is 12.0. The molecule has 0 spiro atoms. The second kappa shape index (κ2) is 2.84. The standard InChI is InChI=1S/C7H8N2OS/c8-5-1-2-6(11)4(3-10)7(5)9/h1-3,11H,8-9H2. The molecular formula is C7H8N2OS. The largest absolute Gasteiger partial charge is 0.397 e. The van der Waals surface area contributed by atoms with Crippen LogP contribution in [0.1, 0.15) is 10.4 Å². The third-order valence-electron chi connectivity index (χ3n) is 1.42. The number of hydrogen-bond donors (Lipinski definition) is 3. The molecule has 0 aliphatic rings. The summed E-state index contributed by atoms with van der Waals surface area (Å²) in [6.45, 7) is 0. The molecule has 0 heterocycles. The van der Waals surface area contributed by atoms with Crippen LogP contribution in [0.4, 0.5) is 11.4 Å². The molecule has 0 amide bonds. The van der Waals surface area contributed by atoms with E-state index in [9.17, 15) is 4.79 Å². The van der Waals surface area contributed by atoms with Crippen molar-refractivity contribution in [2.45, 2.75) is 4.90 Å². The van der Waals surface area contributed by atoms with E-state index in [1.165, 1.54) is 0 Å². The molecule has 0 saturated carbocycles. The molecule has 3 nitrogen and oxygen atoms in total. The lowest BCUT2D eigenvalue weighted by atomic mass is 10.2. The van der Waals surface area contributed by atoms with E-state index >= 15 is 0 Å². The van der Waals surface area contributed by atoms with Crippen LogP contribution in [-0.2, 0) is 0 Å². The van der Waals surface area contributed by atoms with Crippen molar-refractivity contribution in [3.8, 4) is 0 Å². The average molecular weight is 168 g/mol. The molecule has 4 heteroatoms. The topological polar surface area (TPSA) is 69.1 Å². The minimum absolute atomic E-state index is 0.299. The van der Waals surface area contributed by atoms with Crippen LogP contribution in [0.15, 0.2) is 17.0 Å². The second-order valence-electron chi connectivity index (χ2n) is 2.12. The van der Waals surface area contributed by atoms with Crippen LogP contribution < -0.4 is 11.5 Å². The van der Waals surface area contributed by atoms with Crippen LogP contribution >= 0.6 is 12.6 Å². The Kier molecular flexibility index (Phi) is 2.05. The fraction of sp³-hybridized carbons (Fsp3) is 0.